The lowest BCUT2D eigenvalue weighted by Crippen LogP contribution is -1.80. The van der Waals surface area contributed by atoms with Gasteiger partial charge in [0.1, 0.15) is 11.4 Å². The summed E-state index contributed by atoms with van der Waals surface area (Å²) >= 11 is 0. The van der Waals surface area contributed by atoms with Gasteiger partial charge in [-0.2, -0.15) is 0 Å². The van der Waals surface area contributed by atoms with E-state index in [9.17, 15) is 5.11 Å². The van der Waals surface area contributed by atoms with Gasteiger partial charge in [0, 0.05) is 12.3 Å². The quantitative estimate of drug-likeness (QED) is 0.581. The van der Waals surface area contributed by atoms with Crippen LogP contribution < -0.4 is 0 Å². The number of imidazole rings is 1. The molecule has 3 rings (SSSR count). The predicted molar refractivity (Wildman–Crippen MR) is 54.4 cm³/mol. The molecule has 0 fully saturated rings. The Bertz CT molecular complexity index is 613. The van der Waals surface area contributed by atoms with E-state index in [2.05, 4.69) is 4.98 Å². The van der Waals surface area contributed by atoms with Gasteiger partial charge < -0.3 is 5.11 Å². The normalized spacial score (nSPS) is 11.1. The van der Waals surface area contributed by atoms with Crippen LogP contribution in [0.3, 0.4) is 0 Å². The first-order chi connectivity index (χ1) is 6.84. The van der Waals surface area contributed by atoms with Crippen LogP contribution in [-0.4, -0.2) is 14.5 Å². The van der Waals surface area contributed by atoms with Crippen molar-refractivity contribution in [2.45, 2.75) is 0 Å². The van der Waals surface area contributed by atoms with E-state index in [0.29, 0.717) is 0 Å². The number of phenolic OH excluding ortho intramolecular Hbond substituents is 1. The lowest BCUT2D eigenvalue weighted by atomic mass is 10.3. The van der Waals surface area contributed by atoms with Crippen LogP contribution in [0.15, 0.2) is 42.6 Å². The monoisotopic (exact) mass is 184 g/mol. The minimum absolute atomic E-state index is 0.267. The molecule has 1 aromatic carbocycles. The number of hydrogen-bond acceptors (Lipinski definition) is 2. The number of aromatic nitrogens is 2. The van der Waals surface area contributed by atoms with E-state index < -0.39 is 0 Å². The van der Waals surface area contributed by atoms with Crippen molar-refractivity contribution < 1.29 is 5.11 Å². The number of nitrogens with zero attached hydrogens (tertiary/aromatic N) is 2. The van der Waals surface area contributed by atoms with Gasteiger partial charge in [-0.25, -0.2) is 4.98 Å². The van der Waals surface area contributed by atoms with Gasteiger partial charge in [0.25, 0.3) is 0 Å². The minimum atomic E-state index is 0.267. The Kier molecular flexibility index (Phi) is 1.31. The highest BCUT2D eigenvalue weighted by Crippen LogP contribution is 2.20. The summed E-state index contributed by atoms with van der Waals surface area (Å²) in [5.74, 6) is 0.267. The third kappa shape index (κ3) is 0.893. The summed E-state index contributed by atoms with van der Waals surface area (Å²) in [4.78, 5) is 4.41. The lowest BCUT2D eigenvalue weighted by Gasteiger charge is -1.94. The molecule has 0 atom stereocenters. The Hall–Kier alpha value is -2.03. The molecule has 2 aromatic heterocycles. The molecule has 0 aliphatic carbocycles. The zero-order valence-electron chi connectivity index (χ0n) is 7.38. The maximum atomic E-state index is 9.37. The molecule has 14 heavy (non-hydrogen) atoms. The lowest BCUT2D eigenvalue weighted by molar-refractivity contribution is 0.476. The van der Waals surface area contributed by atoms with Crippen molar-refractivity contribution >= 4 is 16.7 Å². The van der Waals surface area contributed by atoms with Crippen molar-refractivity contribution in [3.63, 3.8) is 0 Å². The van der Waals surface area contributed by atoms with Crippen molar-refractivity contribution in [2.75, 3.05) is 0 Å². The van der Waals surface area contributed by atoms with Crippen LogP contribution in [0.2, 0.25) is 0 Å². The fourth-order valence-electron chi connectivity index (χ4n) is 1.65. The fourth-order valence-corrected chi connectivity index (χ4v) is 1.65. The van der Waals surface area contributed by atoms with E-state index in [-0.39, 0.29) is 5.75 Å². The molecule has 2 heterocycles. The zero-order chi connectivity index (χ0) is 9.54. The van der Waals surface area contributed by atoms with E-state index in [1.165, 1.54) is 0 Å². The molecule has 0 unspecified atom stereocenters. The molecule has 1 N–H and O–H groups in total. The van der Waals surface area contributed by atoms with Crippen LogP contribution in [0.5, 0.6) is 5.75 Å². The number of rotatable bonds is 0. The second-order valence-electron chi connectivity index (χ2n) is 3.21. The van der Waals surface area contributed by atoms with Crippen molar-refractivity contribution in [3.8, 4) is 5.75 Å². The molecule has 0 amide bonds. The van der Waals surface area contributed by atoms with Gasteiger partial charge in [-0.3, -0.25) is 4.40 Å². The van der Waals surface area contributed by atoms with Crippen LogP contribution in [0.1, 0.15) is 0 Å². The van der Waals surface area contributed by atoms with Gasteiger partial charge in [0.15, 0.2) is 0 Å². The van der Waals surface area contributed by atoms with Crippen LogP contribution in [0.4, 0.5) is 0 Å². The molecule has 3 aromatic rings. The Morgan fingerprint density at radius 3 is 3.00 bits per heavy atom. The molecule has 0 saturated carbocycles. The molecular weight excluding hydrogens is 176 g/mol. The first-order valence-corrected chi connectivity index (χ1v) is 4.40. The van der Waals surface area contributed by atoms with Crippen LogP contribution >= 0.6 is 0 Å². The number of fused-ring (bicyclic) bond motifs is 3. The smallest absolute Gasteiger partial charge is 0.137 e. The Morgan fingerprint density at radius 1 is 1.14 bits per heavy atom. The molecule has 0 aliphatic rings. The largest absolute Gasteiger partial charge is 0.508 e. The van der Waals surface area contributed by atoms with Gasteiger partial charge >= 0.3 is 0 Å². The number of hydrogen-bond donors (Lipinski definition) is 1. The summed E-state index contributed by atoms with van der Waals surface area (Å²) < 4.78 is 1.95. The second-order valence-corrected chi connectivity index (χ2v) is 3.21. The zero-order valence-corrected chi connectivity index (χ0v) is 7.38. The number of aromatic hydroxyl groups is 1. The van der Waals surface area contributed by atoms with Crippen LogP contribution in [0, 0.1) is 0 Å². The highest BCUT2D eigenvalue weighted by Gasteiger charge is 2.02. The third-order valence-electron chi connectivity index (χ3n) is 2.29. The average molecular weight is 184 g/mol. The van der Waals surface area contributed by atoms with E-state index >= 15 is 0 Å². The van der Waals surface area contributed by atoms with Gasteiger partial charge in [-0.15, -0.1) is 0 Å². The molecule has 0 aliphatic heterocycles. The van der Waals surface area contributed by atoms with E-state index in [1.54, 1.807) is 12.1 Å². The summed E-state index contributed by atoms with van der Waals surface area (Å²) in [6.07, 6.45) is 1.93. The third-order valence-corrected chi connectivity index (χ3v) is 2.29. The minimum Gasteiger partial charge on any atom is -0.508 e. The van der Waals surface area contributed by atoms with Crippen LogP contribution in [-0.2, 0) is 0 Å². The highest BCUT2D eigenvalue weighted by atomic mass is 16.3. The number of phenols is 1. The first kappa shape index (κ1) is 7.38. The summed E-state index contributed by atoms with van der Waals surface area (Å²) in [5, 5.41) is 9.37. The van der Waals surface area contributed by atoms with Crippen LogP contribution in [0.25, 0.3) is 16.7 Å². The SMILES string of the molecule is Oc1ccc2nc3ccccn3c2c1. The maximum Gasteiger partial charge on any atom is 0.137 e. The molecule has 0 radical (unpaired) electrons. The summed E-state index contributed by atoms with van der Waals surface area (Å²) in [5.41, 5.74) is 2.72. The molecule has 0 saturated heterocycles. The van der Waals surface area contributed by atoms with Crippen molar-refractivity contribution in [1.82, 2.24) is 9.38 Å². The Labute approximate surface area is 80.2 Å². The standard InChI is InChI=1S/C11H8N2O/c14-8-4-5-9-10(7-8)13-6-2-1-3-11(13)12-9/h1-7,14H. The Balaban J connectivity index is 2.58. The van der Waals surface area contributed by atoms with Gasteiger partial charge in [-0.1, -0.05) is 6.07 Å². The van der Waals surface area contributed by atoms with Gasteiger partial charge in [0.2, 0.25) is 0 Å². The predicted octanol–water partition coefficient (Wildman–Crippen LogP) is 2.19. The average Bonchev–Trinajstić information content (AvgIpc) is 2.56. The summed E-state index contributed by atoms with van der Waals surface area (Å²) in [6, 6.07) is 11.0. The van der Waals surface area contributed by atoms with Gasteiger partial charge in [-0.05, 0) is 24.3 Å². The number of benzene rings is 1. The molecule has 68 valence electrons. The highest BCUT2D eigenvalue weighted by molar-refractivity contribution is 5.81. The summed E-state index contributed by atoms with van der Waals surface area (Å²) in [6.45, 7) is 0. The maximum absolute atomic E-state index is 9.37. The Morgan fingerprint density at radius 2 is 2.07 bits per heavy atom. The molecule has 0 spiro atoms. The van der Waals surface area contributed by atoms with Gasteiger partial charge in [0.05, 0.1) is 11.0 Å². The van der Waals surface area contributed by atoms with E-state index in [0.717, 1.165) is 16.7 Å². The van der Waals surface area contributed by atoms with E-state index in [4.69, 9.17) is 0 Å². The number of pyridine rings is 1. The summed E-state index contributed by atoms with van der Waals surface area (Å²) in [7, 11) is 0. The van der Waals surface area contributed by atoms with E-state index in [1.807, 2.05) is 34.9 Å². The first-order valence-electron chi connectivity index (χ1n) is 4.40. The topological polar surface area (TPSA) is 37.5 Å². The molecule has 3 nitrogen and oxygen atoms in total. The van der Waals surface area contributed by atoms with Crippen molar-refractivity contribution in [3.05, 3.63) is 42.6 Å². The molecule has 3 heteroatoms. The van der Waals surface area contributed by atoms with Crippen molar-refractivity contribution in [2.24, 2.45) is 0 Å². The molecule has 0 bridgehead atoms. The second kappa shape index (κ2) is 2.48. The molecular formula is C11H8N2O. The fraction of sp³-hybridized carbons (Fsp3) is 0. The van der Waals surface area contributed by atoms with Crippen molar-refractivity contribution in [1.29, 1.82) is 0 Å².